The monoisotopic (exact) mass is 265 g/mol. The van der Waals surface area contributed by atoms with Crippen LogP contribution in [0.25, 0.3) is 0 Å². The molecule has 0 amide bonds. The fourth-order valence-corrected chi connectivity index (χ4v) is 3.58. The van der Waals surface area contributed by atoms with Crippen molar-refractivity contribution in [3.63, 3.8) is 0 Å². The molecule has 102 valence electrons. The second kappa shape index (κ2) is 7.85. The Hall–Kier alpha value is -0.470. The summed E-state index contributed by atoms with van der Waals surface area (Å²) in [7, 11) is 2.07. The van der Waals surface area contributed by atoms with Crippen molar-refractivity contribution in [2.75, 3.05) is 7.05 Å². The minimum Gasteiger partial charge on any atom is -0.312 e. The van der Waals surface area contributed by atoms with Gasteiger partial charge in [0.2, 0.25) is 0 Å². The Morgan fingerprint density at radius 3 is 2.17 bits per heavy atom. The Morgan fingerprint density at radius 1 is 1.11 bits per heavy atom. The first-order valence-corrected chi connectivity index (χ1v) is 7.92. The first-order chi connectivity index (χ1) is 8.60. The van der Waals surface area contributed by atoms with E-state index in [1.807, 2.05) is 0 Å². The summed E-state index contributed by atoms with van der Waals surface area (Å²) in [4.78, 5) is 0. The normalized spacial score (nSPS) is 16.6. The van der Waals surface area contributed by atoms with E-state index in [0.29, 0.717) is 16.5 Å². The summed E-state index contributed by atoms with van der Waals surface area (Å²) in [5.74, 6) is 0.734. The first-order valence-electron chi connectivity index (χ1n) is 6.97. The molecule has 0 spiro atoms. The number of nitrogens with one attached hydrogen (secondary N) is 1. The number of hydrogen-bond acceptors (Lipinski definition) is 2. The van der Waals surface area contributed by atoms with Crippen LogP contribution in [0.4, 0.5) is 0 Å². The van der Waals surface area contributed by atoms with Gasteiger partial charge in [-0.1, -0.05) is 58.0 Å². The third-order valence-corrected chi connectivity index (χ3v) is 5.50. The molecule has 1 N–H and O–H groups in total. The van der Waals surface area contributed by atoms with Crippen LogP contribution in [0.3, 0.4) is 0 Å². The zero-order valence-electron chi connectivity index (χ0n) is 12.3. The second-order valence-electron chi connectivity index (χ2n) is 5.21. The van der Waals surface area contributed by atoms with Gasteiger partial charge in [0.15, 0.2) is 0 Å². The summed E-state index contributed by atoms with van der Waals surface area (Å²) in [6.07, 6.45) is 1.20. The van der Waals surface area contributed by atoms with E-state index < -0.39 is 0 Å². The van der Waals surface area contributed by atoms with Crippen molar-refractivity contribution in [1.82, 2.24) is 5.32 Å². The van der Waals surface area contributed by atoms with Gasteiger partial charge in [0.05, 0.1) is 0 Å². The maximum atomic E-state index is 3.49. The maximum absolute atomic E-state index is 3.49. The molecule has 3 unspecified atom stereocenters. The predicted molar refractivity (Wildman–Crippen MR) is 84.2 cm³/mol. The zero-order chi connectivity index (χ0) is 13.5. The quantitative estimate of drug-likeness (QED) is 0.779. The highest BCUT2D eigenvalue weighted by molar-refractivity contribution is 8.00. The molecule has 3 atom stereocenters. The molecule has 0 radical (unpaired) electrons. The van der Waals surface area contributed by atoms with Gasteiger partial charge in [0.25, 0.3) is 0 Å². The lowest BCUT2D eigenvalue weighted by atomic mass is 10.0. The molecule has 2 heteroatoms. The van der Waals surface area contributed by atoms with Gasteiger partial charge in [-0.15, -0.1) is 0 Å². The Bertz CT molecular complexity index is 323. The molecule has 1 rings (SSSR count). The van der Waals surface area contributed by atoms with Crippen molar-refractivity contribution >= 4 is 11.8 Å². The largest absolute Gasteiger partial charge is 0.312 e. The van der Waals surface area contributed by atoms with E-state index in [1.165, 1.54) is 12.0 Å². The average molecular weight is 265 g/mol. The summed E-state index contributed by atoms with van der Waals surface area (Å²) >= 11 is 2.12. The summed E-state index contributed by atoms with van der Waals surface area (Å²) in [5, 5.41) is 4.83. The molecule has 0 bridgehead atoms. The summed E-state index contributed by atoms with van der Waals surface area (Å²) < 4.78 is 0. The van der Waals surface area contributed by atoms with E-state index in [1.54, 1.807) is 0 Å². The van der Waals surface area contributed by atoms with Crippen LogP contribution in [0.5, 0.6) is 0 Å². The number of thioether (sulfide) groups is 1. The van der Waals surface area contributed by atoms with Crippen molar-refractivity contribution < 1.29 is 0 Å². The van der Waals surface area contributed by atoms with Crippen molar-refractivity contribution in [3.05, 3.63) is 35.9 Å². The Kier molecular flexibility index (Phi) is 6.80. The Morgan fingerprint density at radius 2 is 1.72 bits per heavy atom. The lowest BCUT2D eigenvalue weighted by molar-refractivity contribution is 0.548. The Balaban J connectivity index is 2.78. The van der Waals surface area contributed by atoms with E-state index >= 15 is 0 Å². The van der Waals surface area contributed by atoms with Crippen LogP contribution in [0.2, 0.25) is 0 Å². The predicted octanol–water partition coefficient (Wildman–Crippen LogP) is 4.50. The van der Waals surface area contributed by atoms with E-state index in [4.69, 9.17) is 0 Å². The summed E-state index contributed by atoms with van der Waals surface area (Å²) in [5.41, 5.74) is 1.40. The molecule has 0 fully saturated rings. The van der Waals surface area contributed by atoms with Crippen LogP contribution in [-0.2, 0) is 0 Å². The lowest BCUT2D eigenvalue weighted by Gasteiger charge is -2.29. The molecule has 0 heterocycles. The maximum Gasteiger partial charge on any atom is 0.0438 e. The summed E-state index contributed by atoms with van der Waals surface area (Å²) in [6, 6.07) is 11.2. The van der Waals surface area contributed by atoms with Gasteiger partial charge in [-0.2, -0.15) is 11.8 Å². The van der Waals surface area contributed by atoms with Gasteiger partial charge in [-0.25, -0.2) is 0 Å². The smallest absolute Gasteiger partial charge is 0.0438 e. The molecule has 0 aliphatic carbocycles. The van der Waals surface area contributed by atoms with Gasteiger partial charge in [0, 0.05) is 16.5 Å². The first kappa shape index (κ1) is 15.6. The van der Waals surface area contributed by atoms with Gasteiger partial charge in [-0.05, 0) is 24.9 Å². The molecular weight excluding hydrogens is 238 g/mol. The second-order valence-corrected chi connectivity index (χ2v) is 6.83. The van der Waals surface area contributed by atoms with E-state index in [-0.39, 0.29) is 0 Å². The highest BCUT2D eigenvalue weighted by Crippen LogP contribution is 2.33. The Labute approximate surface area is 117 Å². The highest BCUT2D eigenvalue weighted by atomic mass is 32.2. The minimum absolute atomic E-state index is 0.447. The minimum atomic E-state index is 0.447. The van der Waals surface area contributed by atoms with E-state index in [0.717, 1.165) is 5.92 Å². The number of benzene rings is 1. The van der Waals surface area contributed by atoms with Crippen LogP contribution < -0.4 is 5.32 Å². The molecular formula is C16H27NS. The molecule has 0 aliphatic rings. The van der Waals surface area contributed by atoms with Crippen LogP contribution in [-0.4, -0.2) is 17.5 Å². The summed E-state index contributed by atoms with van der Waals surface area (Å²) in [6.45, 7) is 9.25. The van der Waals surface area contributed by atoms with Crippen LogP contribution >= 0.6 is 11.8 Å². The SMILES string of the molecule is CCC(SC(C)C(C)C)C(NC)c1ccccc1. The fourth-order valence-electron chi connectivity index (χ4n) is 2.07. The molecule has 0 aromatic heterocycles. The zero-order valence-corrected chi connectivity index (χ0v) is 13.1. The van der Waals surface area contributed by atoms with Crippen molar-refractivity contribution in [1.29, 1.82) is 0 Å². The number of hydrogen-bond donors (Lipinski definition) is 1. The van der Waals surface area contributed by atoms with Gasteiger partial charge in [0.1, 0.15) is 0 Å². The van der Waals surface area contributed by atoms with Gasteiger partial charge in [-0.3, -0.25) is 0 Å². The van der Waals surface area contributed by atoms with E-state index in [9.17, 15) is 0 Å². The lowest BCUT2D eigenvalue weighted by Crippen LogP contribution is -2.29. The number of rotatable bonds is 7. The standard InChI is InChI=1S/C16H27NS/c1-6-15(18-13(4)12(2)3)16(17-5)14-10-8-7-9-11-14/h7-13,15-17H,6H2,1-5H3. The topological polar surface area (TPSA) is 12.0 Å². The van der Waals surface area contributed by atoms with Gasteiger partial charge < -0.3 is 5.32 Å². The highest BCUT2D eigenvalue weighted by Gasteiger charge is 2.23. The average Bonchev–Trinajstić information content (AvgIpc) is 2.39. The fraction of sp³-hybridized carbons (Fsp3) is 0.625. The molecule has 1 nitrogen and oxygen atoms in total. The molecule has 0 aliphatic heterocycles. The van der Waals surface area contributed by atoms with Crippen molar-refractivity contribution in [2.45, 2.75) is 50.7 Å². The molecule has 0 saturated heterocycles. The van der Waals surface area contributed by atoms with Crippen LogP contribution in [0.15, 0.2) is 30.3 Å². The molecule has 0 saturated carbocycles. The van der Waals surface area contributed by atoms with Crippen LogP contribution in [0.1, 0.15) is 45.7 Å². The molecule has 1 aromatic carbocycles. The van der Waals surface area contributed by atoms with Gasteiger partial charge >= 0.3 is 0 Å². The van der Waals surface area contributed by atoms with E-state index in [2.05, 4.69) is 82.2 Å². The van der Waals surface area contributed by atoms with Crippen LogP contribution in [0, 0.1) is 5.92 Å². The third-order valence-electron chi connectivity index (χ3n) is 3.57. The van der Waals surface area contributed by atoms with Crippen molar-refractivity contribution in [2.24, 2.45) is 5.92 Å². The third kappa shape index (κ3) is 4.33. The molecule has 1 aromatic rings. The van der Waals surface area contributed by atoms with Crippen molar-refractivity contribution in [3.8, 4) is 0 Å². The molecule has 18 heavy (non-hydrogen) atoms.